The Morgan fingerprint density at radius 1 is 1.27 bits per heavy atom. The molecule has 0 spiro atoms. The molecule has 0 saturated carbocycles. The van der Waals surface area contributed by atoms with E-state index in [-0.39, 0.29) is 11.7 Å². The summed E-state index contributed by atoms with van der Waals surface area (Å²) in [7, 11) is 0. The Labute approximate surface area is 86.5 Å². The molecule has 0 saturated heterocycles. The lowest BCUT2D eigenvalue weighted by atomic mass is 9.94. The summed E-state index contributed by atoms with van der Waals surface area (Å²) in [5, 5.41) is 7.16. The lowest BCUT2D eigenvalue weighted by Gasteiger charge is -2.15. The molecule has 1 amide bonds. The Balaban J connectivity index is 2.16. The van der Waals surface area contributed by atoms with Crippen molar-refractivity contribution in [2.24, 2.45) is 0 Å². The van der Waals surface area contributed by atoms with Crippen LogP contribution in [0.4, 0.5) is 0 Å². The van der Waals surface area contributed by atoms with Crippen molar-refractivity contribution in [2.45, 2.75) is 25.8 Å². The largest absolute Gasteiger partial charge is 0.349 e. The number of aromatic nitrogens is 2. The number of hydrogen-bond donors (Lipinski definition) is 1. The van der Waals surface area contributed by atoms with Gasteiger partial charge in [0, 0.05) is 24.9 Å². The highest BCUT2D eigenvalue weighted by Gasteiger charge is 2.29. The van der Waals surface area contributed by atoms with E-state index in [4.69, 9.17) is 0 Å². The summed E-state index contributed by atoms with van der Waals surface area (Å²) in [4.78, 5) is 23.0. The van der Waals surface area contributed by atoms with Crippen molar-refractivity contribution in [3.8, 4) is 0 Å². The highest BCUT2D eigenvalue weighted by Crippen LogP contribution is 2.23. The first-order valence-corrected chi connectivity index (χ1v) is 5.14. The topological polar surface area (TPSA) is 64.0 Å². The molecule has 1 aromatic rings. The summed E-state index contributed by atoms with van der Waals surface area (Å²) >= 11 is 0. The third kappa shape index (κ3) is 1.19. The first kappa shape index (κ1) is 8.64. The smallest absolute Gasteiger partial charge is 0.269 e. The standard InChI is InChI=1S/C10H11N3O2/c14-6-1-2-8-7(5-6)9-10(15)11-3-4-13(9)12-8/h1-5H2,(H,11,15). The van der Waals surface area contributed by atoms with Crippen molar-refractivity contribution in [1.82, 2.24) is 15.1 Å². The Morgan fingerprint density at radius 2 is 2.13 bits per heavy atom. The van der Waals surface area contributed by atoms with E-state index in [1.165, 1.54) is 0 Å². The average molecular weight is 205 g/mol. The van der Waals surface area contributed by atoms with Gasteiger partial charge in [0.2, 0.25) is 0 Å². The summed E-state index contributed by atoms with van der Waals surface area (Å²) < 4.78 is 1.74. The molecule has 5 nitrogen and oxygen atoms in total. The average Bonchev–Trinajstić information content (AvgIpc) is 2.57. The van der Waals surface area contributed by atoms with E-state index in [0.717, 1.165) is 11.3 Å². The number of ketones is 1. The zero-order valence-corrected chi connectivity index (χ0v) is 8.25. The van der Waals surface area contributed by atoms with E-state index in [9.17, 15) is 9.59 Å². The normalized spacial score (nSPS) is 19.5. The van der Waals surface area contributed by atoms with E-state index in [1.54, 1.807) is 4.68 Å². The molecule has 3 rings (SSSR count). The summed E-state index contributed by atoms with van der Waals surface area (Å²) in [6.07, 6.45) is 1.62. The highest BCUT2D eigenvalue weighted by atomic mass is 16.2. The Bertz CT molecular complexity index is 461. The van der Waals surface area contributed by atoms with E-state index in [2.05, 4.69) is 10.4 Å². The Kier molecular flexibility index (Phi) is 1.68. The van der Waals surface area contributed by atoms with Crippen molar-refractivity contribution in [3.05, 3.63) is 17.0 Å². The molecule has 0 atom stereocenters. The number of Topliss-reactive ketones (excluding diaryl/α,β-unsaturated/α-hetero) is 1. The lowest BCUT2D eigenvalue weighted by Crippen LogP contribution is -2.36. The van der Waals surface area contributed by atoms with E-state index < -0.39 is 0 Å². The number of amides is 1. The first-order chi connectivity index (χ1) is 7.25. The molecule has 0 bridgehead atoms. The molecule has 0 aromatic carbocycles. The molecular formula is C10H11N3O2. The third-order valence-electron chi connectivity index (χ3n) is 2.97. The maximum absolute atomic E-state index is 11.6. The van der Waals surface area contributed by atoms with Crippen molar-refractivity contribution < 1.29 is 9.59 Å². The fourth-order valence-corrected chi connectivity index (χ4v) is 2.25. The van der Waals surface area contributed by atoms with Crippen LogP contribution in [0.25, 0.3) is 0 Å². The molecule has 1 aromatic heterocycles. The van der Waals surface area contributed by atoms with E-state index in [1.807, 2.05) is 0 Å². The van der Waals surface area contributed by atoms with Crippen LogP contribution in [0.2, 0.25) is 0 Å². The summed E-state index contributed by atoms with van der Waals surface area (Å²) in [6.45, 7) is 1.34. The van der Waals surface area contributed by atoms with Crippen LogP contribution in [0.1, 0.15) is 28.2 Å². The highest BCUT2D eigenvalue weighted by molar-refractivity contribution is 5.97. The van der Waals surface area contributed by atoms with Gasteiger partial charge in [-0.15, -0.1) is 0 Å². The number of carbonyl (C=O) groups excluding carboxylic acids is 2. The first-order valence-electron chi connectivity index (χ1n) is 5.14. The van der Waals surface area contributed by atoms with Crippen LogP contribution in [0.15, 0.2) is 0 Å². The molecule has 0 unspecified atom stereocenters. The maximum Gasteiger partial charge on any atom is 0.269 e. The summed E-state index contributed by atoms with van der Waals surface area (Å²) in [5.41, 5.74) is 2.38. The van der Waals surface area contributed by atoms with Gasteiger partial charge in [0.1, 0.15) is 11.5 Å². The van der Waals surface area contributed by atoms with E-state index in [0.29, 0.717) is 38.0 Å². The molecule has 2 aliphatic rings. The molecular weight excluding hydrogens is 194 g/mol. The number of rotatable bonds is 0. The van der Waals surface area contributed by atoms with Crippen LogP contribution in [-0.2, 0) is 24.2 Å². The fourth-order valence-electron chi connectivity index (χ4n) is 2.25. The summed E-state index contributed by atoms with van der Waals surface area (Å²) in [6, 6.07) is 0. The maximum atomic E-state index is 11.6. The van der Waals surface area contributed by atoms with Gasteiger partial charge in [-0.25, -0.2) is 0 Å². The molecule has 5 heteroatoms. The zero-order valence-electron chi connectivity index (χ0n) is 8.25. The number of nitrogens with zero attached hydrogens (tertiary/aromatic N) is 2. The molecule has 1 aliphatic carbocycles. The minimum atomic E-state index is -0.0929. The second-order valence-corrected chi connectivity index (χ2v) is 3.97. The fraction of sp³-hybridized carbons (Fsp3) is 0.500. The van der Waals surface area contributed by atoms with Crippen LogP contribution < -0.4 is 5.32 Å². The second-order valence-electron chi connectivity index (χ2n) is 3.97. The minimum absolute atomic E-state index is 0.0929. The van der Waals surface area contributed by atoms with Gasteiger partial charge in [0.15, 0.2) is 0 Å². The Morgan fingerprint density at radius 3 is 3.00 bits per heavy atom. The number of carbonyl (C=O) groups is 2. The number of fused-ring (bicyclic) bond motifs is 3. The SMILES string of the molecule is O=C1CCc2nn3c(c2C1)C(=O)NCC3. The molecule has 1 aliphatic heterocycles. The van der Waals surface area contributed by atoms with Crippen molar-refractivity contribution >= 4 is 11.7 Å². The van der Waals surface area contributed by atoms with Gasteiger partial charge in [-0.3, -0.25) is 14.3 Å². The monoisotopic (exact) mass is 205 g/mol. The number of hydrogen-bond acceptors (Lipinski definition) is 3. The molecule has 0 radical (unpaired) electrons. The van der Waals surface area contributed by atoms with Crippen LogP contribution in [0.3, 0.4) is 0 Å². The molecule has 78 valence electrons. The van der Waals surface area contributed by atoms with Gasteiger partial charge in [-0.1, -0.05) is 0 Å². The quantitative estimate of drug-likeness (QED) is 0.631. The van der Waals surface area contributed by atoms with Gasteiger partial charge < -0.3 is 5.32 Å². The minimum Gasteiger partial charge on any atom is -0.349 e. The zero-order chi connectivity index (χ0) is 10.4. The van der Waals surface area contributed by atoms with Gasteiger partial charge in [-0.2, -0.15) is 5.10 Å². The third-order valence-corrected chi connectivity index (χ3v) is 2.97. The number of aryl methyl sites for hydroxylation is 1. The number of nitrogens with one attached hydrogen (secondary N) is 1. The van der Waals surface area contributed by atoms with Crippen LogP contribution in [-0.4, -0.2) is 28.0 Å². The van der Waals surface area contributed by atoms with Crippen molar-refractivity contribution in [2.75, 3.05) is 6.54 Å². The van der Waals surface area contributed by atoms with Gasteiger partial charge >= 0.3 is 0 Å². The van der Waals surface area contributed by atoms with Crippen LogP contribution in [0.5, 0.6) is 0 Å². The Hall–Kier alpha value is -1.65. The second kappa shape index (κ2) is 2.92. The molecule has 15 heavy (non-hydrogen) atoms. The van der Waals surface area contributed by atoms with E-state index >= 15 is 0 Å². The molecule has 2 heterocycles. The molecule has 0 fully saturated rings. The predicted molar refractivity (Wildman–Crippen MR) is 51.6 cm³/mol. The molecule has 1 N–H and O–H groups in total. The summed E-state index contributed by atoms with van der Waals surface area (Å²) in [5.74, 6) is 0.112. The van der Waals surface area contributed by atoms with Crippen LogP contribution in [0, 0.1) is 0 Å². The van der Waals surface area contributed by atoms with Gasteiger partial charge in [-0.05, 0) is 6.42 Å². The van der Waals surface area contributed by atoms with Crippen molar-refractivity contribution in [3.63, 3.8) is 0 Å². The van der Waals surface area contributed by atoms with Gasteiger partial charge in [0.05, 0.1) is 12.2 Å². The lowest BCUT2D eigenvalue weighted by molar-refractivity contribution is -0.118. The van der Waals surface area contributed by atoms with Gasteiger partial charge in [0.25, 0.3) is 5.91 Å². The van der Waals surface area contributed by atoms with Crippen LogP contribution >= 0.6 is 0 Å². The van der Waals surface area contributed by atoms with Crippen molar-refractivity contribution in [1.29, 1.82) is 0 Å². The predicted octanol–water partition coefficient (Wildman–Crippen LogP) is -0.316.